The van der Waals surface area contributed by atoms with E-state index in [0.29, 0.717) is 4.47 Å². The van der Waals surface area contributed by atoms with Crippen LogP contribution in [0.15, 0.2) is 22.7 Å². The van der Waals surface area contributed by atoms with E-state index in [-0.39, 0.29) is 17.5 Å². The van der Waals surface area contributed by atoms with Gasteiger partial charge in [-0.3, -0.25) is 4.79 Å². The molecule has 0 unspecified atom stereocenters. The molecule has 3 nitrogen and oxygen atoms in total. The van der Waals surface area contributed by atoms with Gasteiger partial charge in [-0.05, 0) is 24.1 Å². The topological polar surface area (TPSA) is 55.1 Å². The molecule has 1 atom stereocenters. The summed E-state index contributed by atoms with van der Waals surface area (Å²) in [7, 11) is 0. The number of amides is 1. The highest BCUT2D eigenvalue weighted by molar-refractivity contribution is 9.10. The van der Waals surface area contributed by atoms with Crippen LogP contribution in [-0.2, 0) is 4.79 Å². The summed E-state index contributed by atoms with van der Waals surface area (Å²) in [6.07, 6.45) is 0. The summed E-state index contributed by atoms with van der Waals surface area (Å²) in [5.74, 6) is -0.852. The third-order valence-corrected chi connectivity index (χ3v) is 2.70. The molecule has 0 aliphatic rings. The Hall–Kier alpha value is -0.940. The van der Waals surface area contributed by atoms with Crippen LogP contribution < -0.4 is 11.1 Å². The summed E-state index contributed by atoms with van der Waals surface area (Å²) < 4.78 is 14.0. The van der Waals surface area contributed by atoms with Gasteiger partial charge in [-0.1, -0.05) is 29.8 Å². The second-order valence-electron chi connectivity index (χ2n) is 3.88. The zero-order valence-corrected chi connectivity index (χ0v) is 10.7. The molecule has 0 heterocycles. The molecule has 16 heavy (non-hydrogen) atoms. The van der Waals surface area contributed by atoms with Gasteiger partial charge < -0.3 is 11.1 Å². The third-order valence-electron chi connectivity index (χ3n) is 2.21. The van der Waals surface area contributed by atoms with Crippen molar-refractivity contribution in [2.24, 2.45) is 11.7 Å². The Morgan fingerprint density at radius 2 is 2.12 bits per heavy atom. The second kappa shape index (κ2) is 5.41. The summed E-state index contributed by atoms with van der Waals surface area (Å²) in [5, 5.41) is 2.46. The largest absolute Gasteiger partial charge is 0.322 e. The molecule has 5 heteroatoms. The minimum atomic E-state index is -0.640. The zero-order valence-electron chi connectivity index (χ0n) is 9.13. The highest BCUT2D eigenvalue weighted by Crippen LogP contribution is 2.20. The van der Waals surface area contributed by atoms with Gasteiger partial charge in [-0.2, -0.15) is 0 Å². The van der Waals surface area contributed by atoms with Crippen molar-refractivity contribution < 1.29 is 9.18 Å². The number of hydrogen-bond donors (Lipinski definition) is 2. The van der Waals surface area contributed by atoms with E-state index >= 15 is 0 Å². The molecule has 0 aliphatic carbocycles. The number of carbonyl (C=O) groups is 1. The molecule has 3 N–H and O–H groups in total. The zero-order chi connectivity index (χ0) is 12.3. The van der Waals surface area contributed by atoms with Gasteiger partial charge in [-0.25, -0.2) is 4.39 Å². The summed E-state index contributed by atoms with van der Waals surface area (Å²) in [6, 6.07) is 3.70. The smallest absolute Gasteiger partial charge is 0.241 e. The van der Waals surface area contributed by atoms with Gasteiger partial charge in [0.25, 0.3) is 0 Å². The highest BCUT2D eigenvalue weighted by Gasteiger charge is 2.18. The van der Waals surface area contributed by atoms with Crippen molar-refractivity contribution in [3.05, 3.63) is 28.5 Å². The molecule has 1 amide bonds. The van der Waals surface area contributed by atoms with E-state index in [1.165, 1.54) is 12.1 Å². The molecular weight excluding hydrogens is 275 g/mol. The van der Waals surface area contributed by atoms with Crippen LogP contribution in [-0.4, -0.2) is 11.9 Å². The monoisotopic (exact) mass is 288 g/mol. The summed E-state index contributed by atoms with van der Waals surface area (Å²) in [6.45, 7) is 3.67. The van der Waals surface area contributed by atoms with Gasteiger partial charge in [0.1, 0.15) is 5.82 Å². The predicted octanol–water partition coefficient (Wildman–Crippen LogP) is 2.51. The van der Waals surface area contributed by atoms with Gasteiger partial charge in [0, 0.05) is 4.47 Å². The number of benzene rings is 1. The van der Waals surface area contributed by atoms with E-state index in [1.807, 2.05) is 13.8 Å². The molecule has 1 aromatic carbocycles. The van der Waals surface area contributed by atoms with E-state index in [9.17, 15) is 9.18 Å². The molecule has 0 saturated carbocycles. The minimum Gasteiger partial charge on any atom is -0.322 e. The van der Waals surface area contributed by atoms with Crippen LogP contribution in [0.5, 0.6) is 0 Å². The lowest BCUT2D eigenvalue weighted by Crippen LogP contribution is -2.39. The van der Waals surface area contributed by atoms with E-state index in [0.717, 1.165) is 0 Å². The van der Waals surface area contributed by atoms with E-state index in [2.05, 4.69) is 21.2 Å². The summed E-state index contributed by atoms with van der Waals surface area (Å²) in [5.41, 5.74) is 5.78. The molecule has 88 valence electrons. The number of anilines is 1. The first kappa shape index (κ1) is 13.1. The predicted molar refractivity (Wildman–Crippen MR) is 65.5 cm³/mol. The lowest BCUT2D eigenvalue weighted by atomic mass is 10.0. The number of halogens is 2. The maximum atomic E-state index is 13.3. The van der Waals surface area contributed by atoms with Crippen LogP contribution in [0.1, 0.15) is 13.8 Å². The van der Waals surface area contributed by atoms with Crippen molar-refractivity contribution in [1.29, 1.82) is 0 Å². The Labute approximate surface area is 102 Å². The lowest BCUT2D eigenvalue weighted by molar-refractivity contribution is -0.118. The fraction of sp³-hybridized carbons (Fsp3) is 0.364. The normalized spacial score (nSPS) is 12.6. The average Bonchev–Trinajstić information content (AvgIpc) is 2.22. The molecular formula is C11H14BrFN2O. The van der Waals surface area contributed by atoms with Crippen molar-refractivity contribution in [3.8, 4) is 0 Å². The maximum Gasteiger partial charge on any atom is 0.241 e. The third kappa shape index (κ3) is 3.28. The van der Waals surface area contributed by atoms with Gasteiger partial charge in [0.15, 0.2) is 0 Å². The van der Waals surface area contributed by atoms with Crippen LogP contribution in [0.25, 0.3) is 0 Å². The molecule has 0 radical (unpaired) electrons. The van der Waals surface area contributed by atoms with Crippen molar-refractivity contribution in [2.75, 3.05) is 5.32 Å². The first-order valence-electron chi connectivity index (χ1n) is 4.93. The van der Waals surface area contributed by atoms with Crippen molar-refractivity contribution in [2.45, 2.75) is 19.9 Å². The van der Waals surface area contributed by atoms with E-state index in [4.69, 9.17) is 5.73 Å². The Morgan fingerprint density at radius 3 is 2.69 bits per heavy atom. The van der Waals surface area contributed by atoms with Gasteiger partial charge in [0.05, 0.1) is 11.7 Å². The fourth-order valence-corrected chi connectivity index (χ4v) is 1.47. The van der Waals surface area contributed by atoms with Crippen LogP contribution in [0.3, 0.4) is 0 Å². The van der Waals surface area contributed by atoms with E-state index in [1.54, 1.807) is 6.07 Å². The Bertz CT molecular complexity index is 396. The van der Waals surface area contributed by atoms with Gasteiger partial charge in [0.2, 0.25) is 5.91 Å². The first-order valence-corrected chi connectivity index (χ1v) is 5.72. The maximum absolute atomic E-state index is 13.3. The Morgan fingerprint density at radius 1 is 1.50 bits per heavy atom. The molecule has 0 aliphatic heterocycles. The number of carbonyl (C=O) groups excluding carboxylic acids is 1. The molecule has 1 aromatic rings. The Balaban J connectivity index is 2.80. The molecule has 0 bridgehead atoms. The van der Waals surface area contributed by atoms with Crippen LogP contribution in [0, 0.1) is 11.7 Å². The number of hydrogen-bond acceptors (Lipinski definition) is 2. The minimum absolute atomic E-state index is 0.00946. The fourth-order valence-electron chi connectivity index (χ4n) is 1.11. The van der Waals surface area contributed by atoms with Crippen LogP contribution >= 0.6 is 15.9 Å². The number of rotatable bonds is 3. The summed E-state index contributed by atoms with van der Waals surface area (Å²) in [4.78, 5) is 11.6. The van der Waals surface area contributed by atoms with Crippen LogP contribution in [0.4, 0.5) is 10.1 Å². The van der Waals surface area contributed by atoms with Crippen LogP contribution in [0.2, 0.25) is 0 Å². The number of nitrogens with one attached hydrogen (secondary N) is 1. The molecule has 0 saturated heterocycles. The molecule has 0 aromatic heterocycles. The van der Waals surface area contributed by atoms with Gasteiger partial charge in [-0.15, -0.1) is 0 Å². The van der Waals surface area contributed by atoms with Crippen molar-refractivity contribution in [1.82, 2.24) is 0 Å². The summed E-state index contributed by atoms with van der Waals surface area (Å²) >= 11 is 3.20. The standard InChI is InChI=1S/C11H14BrFN2O/c1-6(2)10(14)11(16)15-9-5-7(12)3-4-8(9)13/h3-6,10H,14H2,1-2H3,(H,15,16)/t10-/m1/s1. The molecule has 1 rings (SSSR count). The SMILES string of the molecule is CC(C)[C@@H](N)C(=O)Nc1cc(Br)ccc1F. The second-order valence-corrected chi connectivity index (χ2v) is 4.80. The van der Waals surface area contributed by atoms with Crippen molar-refractivity contribution in [3.63, 3.8) is 0 Å². The highest BCUT2D eigenvalue weighted by atomic mass is 79.9. The van der Waals surface area contributed by atoms with Crippen molar-refractivity contribution >= 4 is 27.5 Å². The average molecular weight is 289 g/mol. The first-order chi connectivity index (χ1) is 7.41. The van der Waals surface area contributed by atoms with E-state index < -0.39 is 11.9 Å². The lowest BCUT2D eigenvalue weighted by Gasteiger charge is -2.15. The molecule has 0 spiro atoms. The van der Waals surface area contributed by atoms with Gasteiger partial charge >= 0.3 is 0 Å². The quantitative estimate of drug-likeness (QED) is 0.898. The Kier molecular flexibility index (Phi) is 4.44. The molecule has 0 fully saturated rings. The number of nitrogens with two attached hydrogens (primary N) is 1.